The van der Waals surface area contributed by atoms with Crippen molar-refractivity contribution in [1.82, 2.24) is 24.0 Å². The Bertz CT molecular complexity index is 1780. The summed E-state index contributed by atoms with van der Waals surface area (Å²) in [5.74, 6) is 1.16. The number of nitrogens with two attached hydrogens (primary N) is 1. The van der Waals surface area contributed by atoms with Gasteiger partial charge in [0.1, 0.15) is 5.69 Å². The van der Waals surface area contributed by atoms with Crippen LogP contribution in [0.15, 0.2) is 42.6 Å². The molecule has 0 spiro atoms. The van der Waals surface area contributed by atoms with Crippen molar-refractivity contribution in [1.29, 1.82) is 0 Å². The highest BCUT2D eigenvalue weighted by Crippen LogP contribution is 2.41. The predicted molar refractivity (Wildman–Crippen MR) is 174 cm³/mol. The van der Waals surface area contributed by atoms with Gasteiger partial charge >= 0.3 is 0 Å². The van der Waals surface area contributed by atoms with Gasteiger partial charge in [-0.25, -0.2) is 4.52 Å². The van der Waals surface area contributed by atoms with Gasteiger partial charge in [0.15, 0.2) is 0 Å². The molecule has 9 nitrogen and oxygen atoms in total. The minimum absolute atomic E-state index is 0.0157. The van der Waals surface area contributed by atoms with Crippen LogP contribution in [0.3, 0.4) is 0 Å². The lowest BCUT2D eigenvalue weighted by atomic mass is 9.83. The Morgan fingerprint density at radius 1 is 1.00 bits per heavy atom. The molecule has 4 aromatic rings. The lowest BCUT2D eigenvalue weighted by Gasteiger charge is -2.42. The van der Waals surface area contributed by atoms with E-state index in [-0.39, 0.29) is 29.9 Å². The number of aryl methyl sites for hydroxylation is 1. The molecule has 2 amide bonds. The number of carbonyl (C=O) groups excluding carboxylic acids is 2. The summed E-state index contributed by atoms with van der Waals surface area (Å²) in [4.78, 5) is 30.5. The SMILES string of the molecule is Cc1c(-c2cc3cccc(C4CN(C(=O)[C@H]5CCC[C@@H](O)C5)C4)c3n2CC2CC2)nn2cc(C(=O)N3CCCC(N)C3)ccc12. The average Bonchev–Trinajstić information content (AvgIpc) is 3.68. The number of aromatic nitrogens is 3. The quantitative estimate of drug-likeness (QED) is 0.330. The molecule has 45 heavy (non-hydrogen) atoms. The Labute approximate surface area is 264 Å². The molecular weight excluding hydrogens is 564 g/mol. The average molecular weight is 609 g/mol. The molecule has 9 heteroatoms. The molecular formula is C36H44N6O3. The van der Waals surface area contributed by atoms with Gasteiger partial charge in [-0.15, -0.1) is 0 Å². The highest BCUT2D eigenvalue weighted by Gasteiger charge is 2.38. The monoisotopic (exact) mass is 608 g/mol. The molecule has 2 saturated carbocycles. The van der Waals surface area contributed by atoms with E-state index in [1.165, 1.54) is 29.3 Å². The van der Waals surface area contributed by atoms with E-state index in [1.54, 1.807) is 0 Å². The van der Waals surface area contributed by atoms with Crippen molar-refractivity contribution < 1.29 is 14.7 Å². The molecule has 2 saturated heterocycles. The second-order valence-electron chi connectivity index (χ2n) is 14.2. The first-order chi connectivity index (χ1) is 21.8. The first kappa shape index (κ1) is 28.8. The van der Waals surface area contributed by atoms with Crippen LogP contribution in [-0.2, 0) is 11.3 Å². The molecule has 0 bridgehead atoms. The van der Waals surface area contributed by atoms with Gasteiger partial charge in [-0.3, -0.25) is 9.59 Å². The van der Waals surface area contributed by atoms with Crippen molar-refractivity contribution in [3.8, 4) is 11.4 Å². The maximum absolute atomic E-state index is 13.3. The zero-order chi connectivity index (χ0) is 30.8. The number of nitrogens with zero attached hydrogens (tertiary/aromatic N) is 5. The van der Waals surface area contributed by atoms with Gasteiger partial charge in [0.25, 0.3) is 5.91 Å². The Hall–Kier alpha value is -3.69. The third kappa shape index (κ3) is 5.23. The van der Waals surface area contributed by atoms with Crippen LogP contribution in [0.25, 0.3) is 27.8 Å². The molecule has 236 valence electrons. The Kier molecular flexibility index (Phi) is 7.21. The summed E-state index contributed by atoms with van der Waals surface area (Å²) < 4.78 is 4.36. The molecule has 1 aromatic carbocycles. The number of pyridine rings is 1. The number of rotatable bonds is 6. The number of piperidine rings is 1. The van der Waals surface area contributed by atoms with E-state index in [1.807, 2.05) is 32.6 Å². The van der Waals surface area contributed by atoms with Gasteiger partial charge in [0.2, 0.25) is 5.91 Å². The summed E-state index contributed by atoms with van der Waals surface area (Å²) in [6, 6.07) is 12.8. The smallest absolute Gasteiger partial charge is 0.255 e. The number of benzene rings is 1. The van der Waals surface area contributed by atoms with Crippen molar-refractivity contribution >= 4 is 28.2 Å². The van der Waals surface area contributed by atoms with Gasteiger partial charge in [-0.1, -0.05) is 24.6 Å². The van der Waals surface area contributed by atoms with Gasteiger partial charge in [0, 0.05) is 67.7 Å². The first-order valence-electron chi connectivity index (χ1n) is 17.0. The normalized spacial score (nSPS) is 24.4. The van der Waals surface area contributed by atoms with Crippen LogP contribution in [-0.4, -0.2) is 79.2 Å². The number of fused-ring (bicyclic) bond motifs is 2. The molecule has 4 fully saturated rings. The van der Waals surface area contributed by atoms with Crippen LogP contribution in [0, 0.1) is 18.8 Å². The van der Waals surface area contributed by atoms with Crippen molar-refractivity contribution in [3.05, 3.63) is 59.3 Å². The van der Waals surface area contributed by atoms with Crippen molar-refractivity contribution in [2.24, 2.45) is 17.6 Å². The Balaban J connectivity index is 1.11. The fourth-order valence-corrected chi connectivity index (χ4v) is 8.05. The zero-order valence-electron chi connectivity index (χ0n) is 26.2. The number of carbonyl (C=O) groups is 2. The van der Waals surface area contributed by atoms with E-state index in [0.29, 0.717) is 30.4 Å². The van der Waals surface area contributed by atoms with Gasteiger partial charge in [-0.2, -0.15) is 5.10 Å². The molecule has 5 heterocycles. The Morgan fingerprint density at radius 3 is 2.62 bits per heavy atom. The zero-order valence-corrected chi connectivity index (χ0v) is 26.2. The maximum atomic E-state index is 13.3. The third-order valence-corrected chi connectivity index (χ3v) is 10.8. The number of hydrogen-bond donors (Lipinski definition) is 2. The van der Waals surface area contributed by atoms with Gasteiger partial charge in [-0.05, 0) is 81.5 Å². The highest BCUT2D eigenvalue weighted by molar-refractivity contribution is 5.95. The molecule has 2 aliphatic heterocycles. The fourth-order valence-electron chi connectivity index (χ4n) is 8.05. The maximum Gasteiger partial charge on any atom is 0.255 e. The summed E-state index contributed by atoms with van der Waals surface area (Å²) in [5, 5.41) is 16.4. The van der Waals surface area contributed by atoms with E-state index in [4.69, 9.17) is 10.8 Å². The highest BCUT2D eigenvalue weighted by atomic mass is 16.3. The lowest BCUT2D eigenvalue weighted by Crippen LogP contribution is -2.51. The molecule has 3 N–H and O–H groups in total. The van der Waals surface area contributed by atoms with Gasteiger partial charge < -0.3 is 25.2 Å². The number of amides is 2. The summed E-state index contributed by atoms with van der Waals surface area (Å²) in [6.07, 6.45) is 9.16. The molecule has 8 rings (SSSR count). The van der Waals surface area contributed by atoms with Crippen LogP contribution in [0.2, 0.25) is 0 Å². The fraction of sp³-hybridized carbons (Fsp3) is 0.528. The summed E-state index contributed by atoms with van der Waals surface area (Å²) in [7, 11) is 0. The third-order valence-electron chi connectivity index (χ3n) is 10.8. The summed E-state index contributed by atoms with van der Waals surface area (Å²) >= 11 is 0. The van der Waals surface area contributed by atoms with Crippen LogP contribution in [0.4, 0.5) is 0 Å². The molecule has 0 radical (unpaired) electrons. The summed E-state index contributed by atoms with van der Waals surface area (Å²) in [6.45, 7) is 5.90. The number of para-hydroxylation sites is 1. The molecule has 3 aromatic heterocycles. The molecule has 1 unspecified atom stereocenters. The van der Waals surface area contributed by atoms with E-state index < -0.39 is 0 Å². The van der Waals surface area contributed by atoms with Crippen LogP contribution >= 0.6 is 0 Å². The van der Waals surface area contributed by atoms with E-state index in [0.717, 1.165) is 80.8 Å². The molecule has 2 aliphatic carbocycles. The van der Waals surface area contributed by atoms with Crippen molar-refractivity contribution in [3.63, 3.8) is 0 Å². The Morgan fingerprint density at radius 2 is 1.84 bits per heavy atom. The van der Waals surface area contributed by atoms with E-state index >= 15 is 0 Å². The second kappa shape index (κ2) is 11.3. The van der Waals surface area contributed by atoms with Gasteiger partial charge in [0.05, 0.1) is 28.4 Å². The number of aliphatic hydroxyl groups excluding tert-OH is 1. The molecule has 3 atom stereocenters. The number of aliphatic hydroxyl groups is 1. The topological polar surface area (TPSA) is 109 Å². The van der Waals surface area contributed by atoms with Crippen molar-refractivity contribution in [2.75, 3.05) is 26.2 Å². The predicted octanol–water partition coefficient (Wildman–Crippen LogP) is 4.71. The molecule has 4 aliphatic rings. The van der Waals surface area contributed by atoms with Crippen LogP contribution in [0.1, 0.15) is 78.8 Å². The summed E-state index contributed by atoms with van der Waals surface area (Å²) in [5.41, 5.74) is 13.5. The second-order valence-corrected chi connectivity index (χ2v) is 14.2. The standard InChI is InChI=1S/C36H44N6O3/c1-22-31-13-12-26(36(45)39-14-4-7-28(37)21-39)20-42(31)38-33(22)32-16-24-5-3-9-30(34(24)41(32)17-23-10-11-23)27-18-40(19-27)35(44)25-6-2-8-29(43)15-25/h3,5,9,12-13,16,20,23,25,27-29,43H,2,4,6-8,10-11,14-15,17-19,21,37H2,1H3/t25-,28?,29+/m0/s1. The van der Waals surface area contributed by atoms with Crippen LogP contribution < -0.4 is 5.73 Å². The first-order valence-corrected chi connectivity index (χ1v) is 17.0. The number of hydrogen-bond acceptors (Lipinski definition) is 5. The minimum Gasteiger partial charge on any atom is -0.393 e. The minimum atomic E-state index is -0.341. The van der Waals surface area contributed by atoms with E-state index in [2.05, 4.69) is 35.8 Å². The lowest BCUT2D eigenvalue weighted by molar-refractivity contribution is -0.142. The van der Waals surface area contributed by atoms with Crippen LogP contribution in [0.5, 0.6) is 0 Å². The largest absolute Gasteiger partial charge is 0.393 e. The van der Waals surface area contributed by atoms with E-state index in [9.17, 15) is 14.7 Å². The van der Waals surface area contributed by atoms with Crippen molar-refractivity contribution in [2.45, 2.75) is 82.9 Å². The number of likely N-dealkylation sites (tertiary alicyclic amines) is 2.